The maximum absolute atomic E-state index is 14.0. The van der Waals surface area contributed by atoms with Crippen LogP contribution in [0.3, 0.4) is 0 Å². The van der Waals surface area contributed by atoms with Crippen LogP contribution in [0.25, 0.3) is 0 Å². The van der Waals surface area contributed by atoms with Gasteiger partial charge in [0.2, 0.25) is 0 Å². The van der Waals surface area contributed by atoms with Crippen LogP contribution in [0.5, 0.6) is 5.75 Å². The van der Waals surface area contributed by atoms with E-state index in [0.717, 1.165) is 18.4 Å². The van der Waals surface area contributed by atoms with Crippen LogP contribution in [-0.2, 0) is 6.42 Å². The Hall–Kier alpha value is -1.87. The summed E-state index contributed by atoms with van der Waals surface area (Å²) in [5.74, 6) is -0.101. The highest BCUT2D eigenvalue weighted by molar-refractivity contribution is 5.42. The van der Waals surface area contributed by atoms with Gasteiger partial charge in [-0.15, -0.1) is 0 Å². The average molecular weight is 274 g/mol. The van der Waals surface area contributed by atoms with Crippen molar-refractivity contribution in [3.8, 4) is 5.75 Å². The van der Waals surface area contributed by atoms with Crippen molar-refractivity contribution in [3.05, 3.63) is 65.0 Å². The molecule has 0 bridgehead atoms. The van der Waals surface area contributed by atoms with Gasteiger partial charge in [-0.3, -0.25) is 0 Å². The van der Waals surface area contributed by atoms with E-state index >= 15 is 0 Å². The average Bonchev–Trinajstić information content (AvgIpc) is 2.47. The van der Waals surface area contributed by atoms with E-state index in [9.17, 15) is 9.50 Å². The smallest absolute Gasteiger partial charge is 0.133 e. The fraction of sp³-hybridized carbons (Fsp3) is 0.294. The number of ether oxygens (including phenoxy) is 1. The molecule has 2 nitrogen and oxygen atoms in total. The van der Waals surface area contributed by atoms with E-state index in [1.54, 1.807) is 18.2 Å². The Labute approximate surface area is 118 Å². The van der Waals surface area contributed by atoms with Crippen molar-refractivity contribution in [2.24, 2.45) is 0 Å². The Balaban J connectivity index is 2.40. The van der Waals surface area contributed by atoms with Gasteiger partial charge in [0, 0.05) is 0 Å². The first-order valence-electron chi connectivity index (χ1n) is 6.76. The quantitative estimate of drug-likeness (QED) is 0.897. The molecule has 2 aromatic rings. The summed E-state index contributed by atoms with van der Waals surface area (Å²) in [7, 11) is 1.47. The molecule has 2 aromatic carbocycles. The summed E-state index contributed by atoms with van der Waals surface area (Å²) in [5, 5.41) is 10.5. The number of hydrogen-bond donors (Lipinski definition) is 1. The Kier molecular flexibility index (Phi) is 4.74. The van der Waals surface area contributed by atoms with Gasteiger partial charge >= 0.3 is 0 Å². The zero-order valence-electron chi connectivity index (χ0n) is 11.8. The molecule has 3 heteroatoms. The van der Waals surface area contributed by atoms with E-state index in [0.29, 0.717) is 11.3 Å². The molecule has 0 saturated heterocycles. The molecular weight excluding hydrogens is 255 g/mol. The Morgan fingerprint density at radius 2 is 1.95 bits per heavy atom. The molecule has 0 fully saturated rings. The molecule has 0 aliphatic heterocycles. The topological polar surface area (TPSA) is 29.5 Å². The number of hydrogen-bond acceptors (Lipinski definition) is 2. The number of methoxy groups -OCH3 is 1. The van der Waals surface area contributed by atoms with Crippen LogP contribution in [0.15, 0.2) is 42.5 Å². The summed E-state index contributed by atoms with van der Waals surface area (Å²) in [5.41, 5.74) is 2.00. The van der Waals surface area contributed by atoms with Crippen LogP contribution in [0.2, 0.25) is 0 Å². The SMILES string of the molecule is CCCc1cccc(C(O)c2c(F)cccc2OC)c1. The standard InChI is InChI=1S/C17H19FO2/c1-3-6-12-7-4-8-13(11-12)17(19)16-14(18)9-5-10-15(16)20-2/h4-5,7-11,17,19H,3,6H2,1-2H3. The maximum Gasteiger partial charge on any atom is 0.133 e. The summed E-state index contributed by atoms with van der Waals surface area (Å²) in [4.78, 5) is 0. The lowest BCUT2D eigenvalue weighted by Crippen LogP contribution is -2.05. The predicted molar refractivity (Wildman–Crippen MR) is 77.5 cm³/mol. The summed E-state index contributed by atoms with van der Waals surface area (Å²) >= 11 is 0. The van der Waals surface area contributed by atoms with E-state index in [1.807, 2.05) is 18.2 Å². The van der Waals surface area contributed by atoms with Crippen molar-refractivity contribution in [2.45, 2.75) is 25.9 Å². The Bertz CT molecular complexity index is 581. The minimum atomic E-state index is -1.03. The van der Waals surface area contributed by atoms with E-state index in [4.69, 9.17) is 4.74 Å². The monoisotopic (exact) mass is 274 g/mol. The molecule has 0 spiro atoms. The number of aryl methyl sites for hydroxylation is 1. The summed E-state index contributed by atoms with van der Waals surface area (Å²) in [6, 6.07) is 12.2. The number of halogens is 1. The zero-order valence-corrected chi connectivity index (χ0v) is 11.8. The normalized spacial score (nSPS) is 12.2. The van der Waals surface area contributed by atoms with Crippen LogP contribution in [0, 0.1) is 5.82 Å². The van der Waals surface area contributed by atoms with Crippen molar-refractivity contribution >= 4 is 0 Å². The minimum absolute atomic E-state index is 0.184. The highest BCUT2D eigenvalue weighted by atomic mass is 19.1. The van der Waals surface area contributed by atoms with Gasteiger partial charge in [0.15, 0.2) is 0 Å². The lowest BCUT2D eigenvalue weighted by molar-refractivity contribution is 0.209. The molecular formula is C17H19FO2. The second kappa shape index (κ2) is 6.53. The third-order valence-electron chi connectivity index (χ3n) is 3.31. The van der Waals surface area contributed by atoms with Crippen molar-refractivity contribution in [3.63, 3.8) is 0 Å². The predicted octanol–water partition coefficient (Wildman–Crippen LogP) is 3.87. The lowest BCUT2D eigenvalue weighted by atomic mass is 9.97. The number of rotatable bonds is 5. The van der Waals surface area contributed by atoms with Gasteiger partial charge in [-0.05, 0) is 29.7 Å². The highest BCUT2D eigenvalue weighted by Gasteiger charge is 2.20. The molecule has 106 valence electrons. The first kappa shape index (κ1) is 14.5. The first-order valence-corrected chi connectivity index (χ1v) is 6.76. The summed E-state index contributed by atoms with van der Waals surface area (Å²) in [6.07, 6.45) is 0.945. The van der Waals surface area contributed by atoms with Crippen LogP contribution < -0.4 is 4.74 Å². The molecule has 0 heterocycles. The maximum atomic E-state index is 14.0. The van der Waals surface area contributed by atoms with Gasteiger partial charge < -0.3 is 9.84 Å². The van der Waals surface area contributed by atoms with Crippen LogP contribution in [0.1, 0.15) is 36.1 Å². The fourth-order valence-corrected chi connectivity index (χ4v) is 2.33. The van der Waals surface area contributed by atoms with Gasteiger partial charge in [-0.2, -0.15) is 0 Å². The Morgan fingerprint density at radius 1 is 1.20 bits per heavy atom. The summed E-state index contributed by atoms with van der Waals surface area (Å²) < 4.78 is 19.1. The molecule has 0 radical (unpaired) electrons. The van der Waals surface area contributed by atoms with Gasteiger partial charge in [0.05, 0.1) is 12.7 Å². The van der Waals surface area contributed by atoms with Crippen molar-refractivity contribution in [1.29, 1.82) is 0 Å². The van der Waals surface area contributed by atoms with E-state index < -0.39 is 11.9 Å². The molecule has 1 N–H and O–H groups in total. The lowest BCUT2D eigenvalue weighted by Gasteiger charge is -2.16. The third-order valence-corrected chi connectivity index (χ3v) is 3.31. The molecule has 1 unspecified atom stereocenters. The van der Waals surface area contributed by atoms with E-state index in [-0.39, 0.29) is 5.56 Å². The third kappa shape index (κ3) is 2.99. The van der Waals surface area contributed by atoms with Crippen LogP contribution in [-0.4, -0.2) is 12.2 Å². The first-order chi connectivity index (χ1) is 9.67. The van der Waals surface area contributed by atoms with Gasteiger partial charge in [0.25, 0.3) is 0 Å². The molecule has 0 aliphatic carbocycles. The zero-order chi connectivity index (χ0) is 14.5. The second-order valence-corrected chi connectivity index (χ2v) is 4.75. The van der Waals surface area contributed by atoms with Gasteiger partial charge in [-0.25, -0.2) is 4.39 Å². The molecule has 2 rings (SSSR count). The number of benzene rings is 2. The fourth-order valence-electron chi connectivity index (χ4n) is 2.33. The molecule has 0 saturated carbocycles. The van der Waals surface area contributed by atoms with Crippen molar-refractivity contribution in [2.75, 3.05) is 7.11 Å². The number of aliphatic hydroxyl groups is 1. The highest BCUT2D eigenvalue weighted by Crippen LogP contribution is 2.32. The van der Waals surface area contributed by atoms with E-state index in [1.165, 1.54) is 13.2 Å². The largest absolute Gasteiger partial charge is 0.496 e. The van der Waals surface area contributed by atoms with Crippen LogP contribution in [0.4, 0.5) is 4.39 Å². The van der Waals surface area contributed by atoms with Gasteiger partial charge in [0.1, 0.15) is 17.7 Å². The van der Waals surface area contributed by atoms with Crippen molar-refractivity contribution < 1.29 is 14.2 Å². The molecule has 20 heavy (non-hydrogen) atoms. The summed E-state index contributed by atoms with van der Waals surface area (Å²) in [6.45, 7) is 2.10. The molecule has 0 amide bonds. The van der Waals surface area contributed by atoms with Crippen molar-refractivity contribution in [1.82, 2.24) is 0 Å². The van der Waals surface area contributed by atoms with Crippen LogP contribution >= 0.6 is 0 Å². The minimum Gasteiger partial charge on any atom is -0.496 e. The second-order valence-electron chi connectivity index (χ2n) is 4.75. The molecule has 0 aliphatic rings. The Morgan fingerprint density at radius 3 is 2.65 bits per heavy atom. The molecule has 1 atom stereocenters. The van der Waals surface area contributed by atoms with E-state index in [2.05, 4.69) is 6.92 Å². The van der Waals surface area contributed by atoms with Gasteiger partial charge in [-0.1, -0.05) is 43.7 Å². The number of aliphatic hydroxyl groups excluding tert-OH is 1. The molecule has 0 aromatic heterocycles.